The van der Waals surface area contributed by atoms with E-state index in [1.165, 1.54) is 16.1 Å². The molecule has 0 radical (unpaired) electrons. The van der Waals surface area contributed by atoms with E-state index in [0.29, 0.717) is 44.0 Å². The van der Waals surface area contributed by atoms with Crippen LogP contribution in [0.3, 0.4) is 0 Å². The Morgan fingerprint density at radius 2 is 1.86 bits per heavy atom. The molecule has 3 heterocycles. The molecule has 2 aliphatic heterocycles. The van der Waals surface area contributed by atoms with Gasteiger partial charge in [0.05, 0.1) is 26.4 Å². The van der Waals surface area contributed by atoms with Gasteiger partial charge in [0.2, 0.25) is 10.0 Å². The standard InChI is InChI=1S/C20H24N2O5S/c1-25-18-12-15-5-11-27-20(17(15)13-19(18)26-2)6-9-22(10-7-20)28(23,24)16-4-3-8-21-14-16/h3-4,8,12-14H,5-7,9-11H2,1-2H3. The lowest BCUT2D eigenvalue weighted by molar-refractivity contribution is -0.0893. The first-order chi connectivity index (χ1) is 13.5. The van der Waals surface area contributed by atoms with Gasteiger partial charge in [-0.2, -0.15) is 4.31 Å². The summed E-state index contributed by atoms with van der Waals surface area (Å²) in [5.74, 6) is 1.37. The number of hydrogen-bond donors (Lipinski definition) is 0. The van der Waals surface area contributed by atoms with Crippen molar-refractivity contribution in [3.05, 3.63) is 47.8 Å². The van der Waals surface area contributed by atoms with E-state index in [0.717, 1.165) is 12.0 Å². The Hall–Kier alpha value is -2.16. The van der Waals surface area contributed by atoms with Crippen LogP contribution in [0.4, 0.5) is 0 Å². The molecule has 7 nitrogen and oxygen atoms in total. The van der Waals surface area contributed by atoms with Crippen molar-refractivity contribution in [3.63, 3.8) is 0 Å². The van der Waals surface area contributed by atoms with E-state index in [1.807, 2.05) is 12.1 Å². The lowest BCUT2D eigenvalue weighted by Crippen LogP contribution is -2.48. The Morgan fingerprint density at radius 3 is 2.50 bits per heavy atom. The molecule has 0 bridgehead atoms. The first-order valence-electron chi connectivity index (χ1n) is 9.30. The van der Waals surface area contributed by atoms with Gasteiger partial charge in [0, 0.05) is 25.5 Å². The van der Waals surface area contributed by atoms with Gasteiger partial charge in [-0.3, -0.25) is 4.98 Å². The summed E-state index contributed by atoms with van der Waals surface area (Å²) in [5.41, 5.74) is 1.76. The van der Waals surface area contributed by atoms with Crippen molar-refractivity contribution < 1.29 is 22.6 Å². The predicted molar refractivity (Wildman–Crippen MR) is 103 cm³/mol. The van der Waals surface area contributed by atoms with E-state index >= 15 is 0 Å². The van der Waals surface area contributed by atoms with Gasteiger partial charge in [0.1, 0.15) is 4.90 Å². The monoisotopic (exact) mass is 404 g/mol. The molecule has 1 saturated heterocycles. The van der Waals surface area contributed by atoms with E-state index in [4.69, 9.17) is 14.2 Å². The zero-order valence-corrected chi connectivity index (χ0v) is 16.9. The zero-order chi connectivity index (χ0) is 19.8. The highest BCUT2D eigenvalue weighted by molar-refractivity contribution is 7.89. The average molecular weight is 404 g/mol. The number of methoxy groups -OCH3 is 2. The molecule has 1 spiro atoms. The van der Waals surface area contributed by atoms with Gasteiger partial charge in [-0.25, -0.2) is 8.42 Å². The fraction of sp³-hybridized carbons (Fsp3) is 0.450. The van der Waals surface area contributed by atoms with E-state index in [1.54, 1.807) is 32.5 Å². The van der Waals surface area contributed by atoms with Crippen molar-refractivity contribution >= 4 is 10.0 Å². The predicted octanol–water partition coefficient (Wildman–Crippen LogP) is 2.35. The third-order valence-electron chi connectivity index (χ3n) is 5.65. The van der Waals surface area contributed by atoms with Crippen molar-refractivity contribution in [3.8, 4) is 11.5 Å². The number of piperidine rings is 1. The summed E-state index contributed by atoms with van der Waals surface area (Å²) >= 11 is 0. The highest BCUT2D eigenvalue weighted by atomic mass is 32.2. The molecule has 1 fully saturated rings. The number of benzene rings is 1. The first-order valence-corrected chi connectivity index (χ1v) is 10.7. The fourth-order valence-corrected chi connectivity index (χ4v) is 5.54. The quantitative estimate of drug-likeness (QED) is 0.779. The molecule has 2 aliphatic rings. The molecule has 0 N–H and O–H groups in total. The minimum absolute atomic E-state index is 0.224. The lowest BCUT2D eigenvalue weighted by Gasteiger charge is -2.44. The molecule has 0 atom stereocenters. The molecule has 8 heteroatoms. The van der Waals surface area contributed by atoms with Crippen LogP contribution in [0.1, 0.15) is 24.0 Å². The molecule has 28 heavy (non-hydrogen) atoms. The van der Waals surface area contributed by atoms with Gasteiger partial charge in [-0.15, -0.1) is 0 Å². The first kappa shape index (κ1) is 19.2. The van der Waals surface area contributed by atoms with Crippen molar-refractivity contribution in [2.75, 3.05) is 33.9 Å². The number of hydrogen-bond acceptors (Lipinski definition) is 6. The average Bonchev–Trinajstić information content (AvgIpc) is 2.74. The van der Waals surface area contributed by atoms with E-state index in [2.05, 4.69) is 4.98 Å². The fourth-order valence-electron chi connectivity index (χ4n) is 4.14. The minimum atomic E-state index is -3.55. The van der Waals surface area contributed by atoms with Gasteiger partial charge in [0.15, 0.2) is 11.5 Å². The normalized spacial score (nSPS) is 19.2. The van der Waals surface area contributed by atoms with Crippen LogP contribution < -0.4 is 9.47 Å². The molecule has 2 aromatic rings. The lowest BCUT2D eigenvalue weighted by atomic mass is 9.79. The number of pyridine rings is 1. The maximum atomic E-state index is 12.9. The largest absolute Gasteiger partial charge is 0.493 e. The third-order valence-corrected chi connectivity index (χ3v) is 7.53. The van der Waals surface area contributed by atoms with Crippen LogP contribution in [0.25, 0.3) is 0 Å². The summed E-state index contributed by atoms with van der Waals surface area (Å²) in [7, 11) is -0.307. The summed E-state index contributed by atoms with van der Waals surface area (Å²) < 4.78 is 44.5. The van der Waals surface area contributed by atoms with E-state index < -0.39 is 15.6 Å². The SMILES string of the molecule is COc1cc2c(cc1OC)C1(CCN(S(=O)(=O)c3cccnc3)CC1)OCC2. The number of fused-ring (bicyclic) bond motifs is 2. The van der Waals surface area contributed by atoms with Gasteiger partial charge < -0.3 is 14.2 Å². The summed E-state index contributed by atoms with van der Waals surface area (Å²) in [6.07, 6.45) is 4.95. The number of ether oxygens (including phenoxy) is 3. The van der Waals surface area contributed by atoms with Crippen LogP contribution >= 0.6 is 0 Å². The maximum absolute atomic E-state index is 12.9. The summed E-state index contributed by atoms with van der Waals surface area (Å²) in [4.78, 5) is 4.16. The Labute approximate surface area is 165 Å². The van der Waals surface area contributed by atoms with Crippen LogP contribution in [0.5, 0.6) is 11.5 Å². The van der Waals surface area contributed by atoms with Crippen LogP contribution in [0, 0.1) is 0 Å². The smallest absolute Gasteiger partial charge is 0.244 e. The number of sulfonamides is 1. The topological polar surface area (TPSA) is 78.0 Å². The van der Waals surface area contributed by atoms with Crippen LogP contribution in [0.15, 0.2) is 41.6 Å². The summed E-state index contributed by atoms with van der Waals surface area (Å²) in [5, 5.41) is 0. The molecular weight excluding hydrogens is 380 g/mol. The molecule has 1 aromatic heterocycles. The van der Waals surface area contributed by atoms with Crippen LogP contribution in [-0.2, 0) is 26.8 Å². The number of nitrogens with zero attached hydrogens (tertiary/aromatic N) is 2. The molecule has 1 aromatic carbocycles. The highest BCUT2D eigenvalue weighted by Gasteiger charge is 2.44. The Balaban J connectivity index is 1.62. The van der Waals surface area contributed by atoms with Crippen molar-refractivity contribution in [1.82, 2.24) is 9.29 Å². The Bertz CT molecular complexity index is 954. The minimum Gasteiger partial charge on any atom is -0.493 e. The molecule has 0 unspecified atom stereocenters. The Kier molecular flexibility index (Phi) is 5.03. The zero-order valence-electron chi connectivity index (χ0n) is 16.1. The van der Waals surface area contributed by atoms with Gasteiger partial charge in [-0.1, -0.05) is 0 Å². The summed E-state index contributed by atoms with van der Waals surface area (Å²) in [6.45, 7) is 1.40. The summed E-state index contributed by atoms with van der Waals surface area (Å²) in [6, 6.07) is 7.21. The second-order valence-corrected chi connectivity index (χ2v) is 8.99. The molecule has 0 amide bonds. The number of rotatable bonds is 4. The van der Waals surface area contributed by atoms with Gasteiger partial charge in [-0.05, 0) is 54.7 Å². The Morgan fingerprint density at radius 1 is 1.14 bits per heavy atom. The van der Waals surface area contributed by atoms with Crippen molar-refractivity contribution in [2.24, 2.45) is 0 Å². The third kappa shape index (κ3) is 3.15. The van der Waals surface area contributed by atoms with Gasteiger partial charge >= 0.3 is 0 Å². The molecule has 150 valence electrons. The van der Waals surface area contributed by atoms with Crippen molar-refractivity contribution in [1.29, 1.82) is 0 Å². The van der Waals surface area contributed by atoms with Gasteiger partial charge in [0.25, 0.3) is 0 Å². The van der Waals surface area contributed by atoms with Crippen molar-refractivity contribution in [2.45, 2.75) is 29.8 Å². The molecule has 4 rings (SSSR count). The van der Waals surface area contributed by atoms with E-state index in [-0.39, 0.29) is 4.90 Å². The second-order valence-electron chi connectivity index (χ2n) is 7.05. The second kappa shape index (κ2) is 7.35. The van der Waals surface area contributed by atoms with Crippen LogP contribution in [0.2, 0.25) is 0 Å². The molecular formula is C20H24N2O5S. The highest BCUT2D eigenvalue weighted by Crippen LogP contribution is 2.45. The maximum Gasteiger partial charge on any atom is 0.244 e. The van der Waals surface area contributed by atoms with Crippen LogP contribution in [-0.4, -0.2) is 51.6 Å². The molecule has 0 aliphatic carbocycles. The molecule has 0 saturated carbocycles. The van der Waals surface area contributed by atoms with E-state index in [9.17, 15) is 8.42 Å². The number of aromatic nitrogens is 1.